The maximum Gasteiger partial charge on any atom is 0.327 e. The predicted octanol–water partition coefficient (Wildman–Crippen LogP) is 3.56. The van der Waals surface area contributed by atoms with E-state index < -0.39 is 0 Å². The number of urea groups is 1. The van der Waals surface area contributed by atoms with E-state index in [-0.39, 0.29) is 18.5 Å². The van der Waals surface area contributed by atoms with Gasteiger partial charge in [-0.15, -0.1) is 5.10 Å². The molecule has 1 aliphatic heterocycles. The SMILES string of the molecule is CN1C(=O)CN(Cc2cccc(-c3ccc4c(nnn4CC4CC4)c3Cl)c2)C1=O. The first-order valence-electron chi connectivity index (χ1n) is 9.68. The van der Waals surface area contributed by atoms with Crippen LogP contribution in [-0.2, 0) is 17.9 Å². The molecule has 1 aromatic heterocycles. The van der Waals surface area contributed by atoms with Crippen molar-refractivity contribution in [3.63, 3.8) is 0 Å². The Labute approximate surface area is 172 Å². The Bertz CT molecular complexity index is 1140. The van der Waals surface area contributed by atoms with Crippen molar-refractivity contribution < 1.29 is 9.59 Å². The quantitative estimate of drug-likeness (QED) is 0.604. The average molecular weight is 410 g/mol. The molecule has 3 aromatic rings. The number of carbonyl (C=O) groups excluding carboxylic acids is 2. The molecule has 0 atom stereocenters. The fourth-order valence-electron chi connectivity index (χ4n) is 3.74. The Kier molecular flexibility index (Phi) is 4.28. The summed E-state index contributed by atoms with van der Waals surface area (Å²) in [4.78, 5) is 26.6. The summed E-state index contributed by atoms with van der Waals surface area (Å²) in [7, 11) is 1.51. The number of imide groups is 1. The van der Waals surface area contributed by atoms with Crippen molar-refractivity contribution in [3.8, 4) is 11.1 Å². The monoisotopic (exact) mass is 409 g/mol. The highest BCUT2D eigenvalue weighted by Gasteiger charge is 2.32. The highest BCUT2D eigenvalue weighted by molar-refractivity contribution is 6.37. The van der Waals surface area contributed by atoms with E-state index >= 15 is 0 Å². The second-order valence-electron chi connectivity index (χ2n) is 7.80. The minimum absolute atomic E-state index is 0.108. The van der Waals surface area contributed by atoms with Gasteiger partial charge in [-0.05, 0) is 42.0 Å². The summed E-state index contributed by atoms with van der Waals surface area (Å²) in [6.07, 6.45) is 2.50. The van der Waals surface area contributed by atoms with Crippen LogP contribution >= 0.6 is 11.6 Å². The van der Waals surface area contributed by atoms with Gasteiger partial charge in [0.15, 0.2) is 0 Å². The molecule has 1 saturated heterocycles. The number of carbonyl (C=O) groups is 2. The van der Waals surface area contributed by atoms with Crippen LogP contribution in [0.2, 0.25) is 5.02 Å². The van der Waals surface area contributed by atoms with Crippen molar-refractivity contribution in [1.29, 1.82) is 0 Å². The number of likely N-dealkylation sites (N-methyl/N-ethyl adjacent to an activating group) is 1. The molecule has 1 aliphatic carbocycles. The fraction of sp³-hybridized carbons (Fsp3) is 0.333. The summed E-state index contributed by atoms with van der Waals surface area (Å²) >= 11 is 6.69. The van der Waals surface area contributed by atoms with E-state index in [0.717, 1.165) is 33.7 Å². The van der Waals surface area contributed by atoms with Crippen LogP contribution in [0.3, 0.4) is 0 Å². The summed E-state index contributed by atoms with van der Waals surface area (Å²) in [6, 6.07) is 11.6. The van der Waals surface area contributed by atoms with Crippen LogP contribution in [0.1, 0.15) is 18.4 Å². The Morgan fingerprint density at radius 3 is 2.72 bits per heavy atom. The summed E-state index contributed by atoms with van der Waals surface area (Å²) in [5.41, 5.74) is 4.41. The van der Waals surface area contributed by atoms with Gasteiger partial charge in [-0.2, -0.15) is 0 Å². The maximum atomic E-state index is 12.2. The van der Waals surface area contributed by atoms with Gasteiger partial charge in [0.05, 0.1) is 10.5 Å². The zero-order valence-electron chi connectivity index (χ0n) is 16.0. The molecule has 2 heterocycles. The normalized spacial score (nSPS) is 17.0. The van der Waals surface area contributed by atoms with Gasteiger partial charge in [-0.3, -0.25) is 9.69 Å². The minimum Gasteiger partial charge on any atom is -0.311 e. The highest BCUT2D eigenvalue weighted by atomic mass is 35.5. The molecule has 148 valence electrons. The first-order valence-corrected chi connectivity index (χ1v) is 10.1. The Hall–Kier alpha value is -2.93. The summed E-state index contributed by atoms with van der Waals surface area (Å²) in [5.74, 6) is 0.517. The number of halogens is 1. The van der Waals surface area contributed by atoms with E-state index in [1.165, 1.54) is 24.8 Å². The predicted molar refractivity (Wildman–Crippen MR) is 109 cm³/mol. The second kappa shape index (κ2) is 6.84. The second-order valence-corrected chi connectivity index (χ2v) is 8.18. The van der Waals surface area contributed by atoms with Crippen molar-refractivity contribution in [3.05, 3.63) is 47.0 Å². The molecule has 1 saturated carbocycles. The van der Waals surface area contributed by atoms with Gasteiger partial charge in [0.1, 0.15) is 12.1 Å². The van der Waals surface area contributed by atoms with Gasteiger partial charge >= 0.3 is 6.03 Å². The van der Waals surface area contributed by atoms with Gasteiger partial charge in [0.2, 0.25) is 5.91 Å². The van der Waals surface area contributed by atoms with Gasteiger partial charge in [0, 0.05) is 25.7 Å². The lowest BCUT2D eigenvalue weighted by atomic mass is 10.0. The lowest BCUT2D eigenvalue weighted by molar-refractivity contribution is -0.124. The van der Waals surface area contributed by atoms with Crippen molar-refractivity contribution in [1.82, 2.24) is 24.8 Å². The van der Waals surface area contributed by atoms with Gasteiger partial charge in [-0.1, -0.05) is 41.1 Å². The molecule has 2 aliphatic rings. The number of benzene rings is 2. The molecular formula is C21H20ClN5O2. The van der Waals surface area contributed by atoms with Crippen molar-refractivity contribution >= 4 is 34.6 Å². The number of rotatable bonds is 5. The molecule has 8 heteroatoms. The largest absolute Gasteiger partial charge is 0.327 e. The van der Waals surface area contributed by atoms with Gasteiger partial charge < -0.3 is 4.90 Å². The average Bonchev–Trinajstić information content (AvgIpc) is 3.39. The number of amides is 3. The maximum absolute atomic E-state index is 12.2. The zero-order chi connectivity index (χ0) is 20.1. The molecule has 7 nitrogen and oxygen atoms in total. The van der Waals surface area contributed by atoms with Crippen LogP contribution in [0, 0.1) is 5.92 Å². The lowest BCUT2D eigenvalue weighted by Gasteiger charge is -2.15. The molecular weight excluding hydrogens is 390 g/mol. The van der Waals surface area contributed by atoms with E-state index in [2.05, 4.69) is 10.3 Å². The van der Waals surface area contributed by atoms with Gasteiger partial charge in [0.25, 0.3) is 0 Å². The molecule has 29 heavy (non-hydrogen) atoms. The van der Waals surface area contributed by atoms with Crippen LogP contribution < -0.4 is 0 Å². The van der Waals surface area contributed by atoms with Crippen molar-refractivity contribution in [2.75, 3.05) is 13.6 Å². The molecule has 2 fully saturated rings. The molecule has 0 unspecified atom stereocenters. The third-order valence-electron chi connectivity index (χ3n) is 5.62. The standard InChI is InChI=1S/C21H20ClN5O2/c1-25-18(28)12-26(21(25)29)10-14-3-2-4-15(9-14)16-7-8-17-20(19(16)22)23-24-27(17)11-13-5-6-13/h2-4,7-9,13H,5-6,10-12H2,1H3. The van der Waals surface area contributed by atoms with Crippen LogP contribution in [0.5, 0.6) is 0 Å². The zero-order valence-corrected chi connectivity index (χ0v) is 16.8. The first-order chi connectivity index (χ1) is 14.0. The molecule has 0 N–H and O–H groups in total. The minimum atomic E-state index is -0.271. The van der Waals surface area contributed by atoms with E-state index in [1.54, 1.807) is 0 Å². The van der Waals surface area contributed by atoms with Gasteiger partial charge in [-0.25, -0.2) is 9.48 Å². The van der Waals surface area contributed by atoms with Crippen LogP contribution in [-0.4, -0.2) is 50.3 Å². The summed E-state index contributed by atoms with van der Waals surface area (Å²) in [5, 5.41) is 9.16. The molecule has 3 amide bonds. The number of aromatic nitrogens is 3. The van der Waals surface area contributed by atoms with Crippen molar-refractivity contribution in [2.45, 2.75) is 25.9 Å². The van der Waals surface area contributed by atoms with E-state index in [4.69, 9.17) is 11.6 Å². The number of fused-ring (bicyclic) bond motifs is 1. The lowest BCUT2D eigenvalue weighted by Crippen LogP contribution is -2.29. The number of hydrogen-bond acceptors (Lipinski definition) is 4. The first kappa shape index (κ1) is 18.1. The summed E-state index contributed by atoms with van der Waals surface area (Å²) in [6.45, 7) is 1.37. The molecule has 0 bridgehead atoms. The topological polar surface area (TPSA) is 71.3 Å². The Morgan fingerprint density at radius 1 is 1.17 bits per heavy atom. The van der Waals surface area contributed by atoms with Crippen LogP contribution in [0.25, 0.3) is 22.2 Å². The molecule has 5 rings (SSSR count). The van der Waals surface area contributed by atoms with Crippen molar-refractivity contribution in [2.24, 2.45) is 5.92 Å². The third-order valence-corrected chi connectivity index (χ3v) is 6.01. The fourth-order valence-corrected chi connectivity index (χ4v) is 4.05. The third kappa shape index (κ3) is 3.25. The van der Waals surface area contributed by atoms with E-state index in [0.29, 0.717) is 23.0 Å². The number of nitrogens with zero attached hydrogens (tertiary/aromatic N) is 5. The van der Waals surface area contributed by atoms with Crippen LogP contribution in [0.15, 0.2) is 36.4 Å². The smallest absolute Gasteiger partial charge is 0.311 e. The summed E-state index contributed by atoms with van der Waals surface area (Å²) < 4.78 is 1.94. The Morgan fingerprint density at radius 2 is 2.00 bits per heavy atom. The van der Waals surface area contributed by atoms with E-state index in [9.17, 15) is 9.59 Å². The molecule has 0 radical (unpaired) electrons. The van der Waals surface area contributed by atoms with E-state index in [1.807, 2.05) is 41.1 Å². The Balaban J connectivity index is 1.44. The highest BCUT2D eigenvalue weighted by Crippen LogP contribution is 2.36. The molecule has 0 spiro atoms. The molecule has 2 aromatic carbocycles. The van der Waals surface area contributed by atoms with Crippen LogP contribution in [0.4, 0.5) is 4.79 Å². The number of hydrogen-bond donors (Lipinski definition) is 0.